The van der Waals surface area contributed by atoms with Crippen LogP contribution in [0.1, 0.15) is 32.8 Å². The molecule has 0 saturated carbocycles. The third kappa shape index (κ3) is 4.22. The van der Waals surface area contributed by atoms with E-state index < -0.39 is 0 Å². The Bertz CT molecular complexity index is 396. The molecule has 1 nitrogen and oxygen atoms in total. The molecule has 0 amide bonds. The van der Waals surface area contributed by atoms with Crippen LogP contribution in [-0.4, -0.2) is 12.6 Å². The minimum absolute atomic E-state index is 0.178. The average Bonchev–Trinajstić information content (AvgIpc) is 2.33. The maximum atomic E-state index is 13.9. The summed E-state index contributed by atoms with van der Waals surface area (Å²) in [4.78, 5) is 0. The first-order chi connectivity index (χ1) is 8.47. The van der Waals surface area contributed by atoms with Crippen molar-refractivity contribution in [1.29, 1.82) is 0 Å². The molecule has 1 aromatic carbocycles. The molecule has 1 unspecified atom stereocenters. The monoisotopic (exact) mass is 335 g/mol. The van der Waals surface area contributed by atoms with Crippen molar-refractivity contribution in [2.24, 2.45) is 5.92 Å². The lowest BCUT2D eigenvalue weighted by molar-refractivity contribution is 0.383. The van der Waals surface area contributed by atoms with Gasteiger partial charge in [0.15, 0.2) is 0 Å². The first-order valence-electron chi connectivity index (χ1n) is 6.33. The van der Waals surface area contributed by atoms with Gasteiger partial charge in [0.2, 0.25) is 0 Å². The van der Waals surface area contributed by atoms with Gasteiger partial charge in [0.25, 0.3) is 0 Å². The molecular weight excluding hydrogens is 317 g/mol. The summed E-state index contributed by atoms with van der Waals surface area (Å²) in [6.07, 6.45) is 1.62. The highest BCUT2D eigenvalue weighted by molar-refractivity contribution is 9.10. The predicted molar refractivity (Wildman–Crippen MR) is 79.7 cm³/mol. The van der Waals surface area contributed by atoms with Gasteiger partial charge >= 0.3 is 0 Å². The summed E-state index contributed by atoms with van der Waals surface area (Å²) in [7, 11) is 0. The van der Waals surface area contributed by atoms with E-state index in [1.807, 2.05) is 0 Å². The van der Waals surface area contributed by atoms with Gasteiger partial charge in [0.05, 0.1) is 5.02 Å². The Kier molecular flexibility index (Phi) is 6.61. The van der Waals surface area contributed by atoms with Crippen molar-refractivity contribution in [3.05, 3.63) is 33.0 Å². The highest BCUT2D eigenvalue weighted by atomic mass is 79.9. The second-order valence-electron chi connectivity index (χ2n) is 4.78. The number of nitrogens with one attached hydrogen (secondary N) is 1. The molecule has 4 heteroatoms. The number of aryl methyl sites for hydroxylation is 1. The van der Waals surface area contributed by atoms with Gasteiger partial charge in [-0.1, -0.05) is 38.4 Å². The minimum atomic E-state index is -0.301. The fourth-order valence-electron chi connectivity index (χ4n) is 2.00. The zero-order valence-corrected chi connectivity index (χ0v) is 13.4. The van der Waals surface area contributed by atoms with Crippen molar-refractivity contribution in [2.45, 2.75) is 39.7 Å². The minimum Gasteiger partial charge on any atom is -0.314 e. The van der Waals surface area contributed by atoms with Gasteiger partial charge in [-0.2, -0.15) is 0 Å². The SMILES string of the molecule is CCNC(CCc1ccc(Br)c(Cl)c1F)C(C)C. The molecule has 0 bridgehead atoms. The normalized spacial score (nSPS) is 13.1. The third-order valence-electron chi connectivity index (χ3n) is 3.11. The molecule has 0 fully saturated rings. The fourth-order valence-corrected chi connectivity index (χ4v) is 2.49. The first-order valence-corrected chi connectivity index (χ1v) is 7.50. The van der Waals surface area contributed by atoms with Crippen LogP contribution in [0, 0.1) is 11.7 Å². The van der Waals surface area contributed by atoms with Crippen LogP contribution in [0.25, 0.3) is 0 Å². The summed E-state index contributed by atoms with van der Waals surface area (Å²) < 4.78 is 14.5. The Balaban J connectivity index is 2.70. The molecule has 102 valence electrons. The molecule has 0 saturated heterocycles. The largest absolute Gasteiger partial charge is 0.314 e. The lowest BCUT2D eigenvalue weighted by Crippen LogP contribution is -2.34. The second-order valence-corrected chi connectivity index (χ2v) is 6.01. The lowest BCUT2D eigenvalue weighted by Gasteiger charge is -2.21. The summed E-state index contributed by atoms with van der Waals surface area (Å²) in [6.45, 7) is 7.38. The molecule has 1 atom stereocenters. The quantitative estimate of drug-likeness (QED) is 0.735. The van der Waals surface area contributed by atoms with E-state index in [1.165, 1.54) is 0 Å². The van der Waals surface area contributed by atoms with Crippen molar-refractivity contribution < 1.29 is 4.39 Å². The topological polar surface area (TPSA) is 12.0 Å². The molecule has 0 aromatic heterocycles. The molecule has 0 aliphatic heterocycles. The van der Waals surface area contributed by atoms with Crippen molar-refractivity contribution in [3.8, 4) is 0 Å². The summed E-state index contributed by atoms with van der Waals surface area (Å²) in [5.74, 6) is 0.240. The predicted octanol–water partition coefficient (Wildman–Crippen LogP) is 4.81. The van der Waals surface area contributed by atoms with Crippen molar-refractivity contribution in [2.75, 3.05) is 6.54 Å². The van der Waals surface area contributed by atoms with E-state index in [-0.39, 0.29) is 10.8 Å². The Morgan fingerprint density at radius 3 is 2.61 bits per heavy atom. The maximum absolute atomic E-state index is 13.9. The van der Waals surface area contributed by atoms with E-state index in [0.29, 0.717) is 28.4 Å². The van der Waals surface area contributed by atoms with Crippen LogP contribution in [0.3, 0.4) is 0 Å². The van der Waals surface area contributed by atoms with Gasteiger partial charge in [-0.05, 0) is 52.9 Å². The van der Waals surface area contributed by atoms with Gasteiger partial charge in [-0.3, -0.25) is 0 Å². The molecule has 0 spiro atoms. The summed E-state index contributed by atoms with van der Waals surface area (Å²) >= 11 is 9.11. The van der Waals surface area contributed by atoms with Crippen LogP contribution in [-0.2, 0) is 6.42 Å². The van der Waals surface area contributed by atoms with E-state index in [4.69, 9.17) is 11.6 Å². The van der Waals surface area contributed by atoms with Gasteiger partial charge in [0, 0.05) is 10.5 Å². The van der Waals surface area contributed by atoms with Crippen LogP contribution in [0.5, 0.6) is 0 Å². The Morgan fingerprint density at radius 1 is 1.39 bits per heavy atom. The van der Waals surface area contributed by atoms with E-state index in [0.717, 1.165) is 13.0 Å². The Morgan fingerprint density at radius 2 is 2.06 bits per heavy atom. The number of hydrogen-bond acceptors (Lipinski definition) is 1. The maximum Gasteiger partial charge on any atom is 0.146 e. The summed E-state index contributed by atoms with van der Waals surface area (Å²) in [5.41, 5.74) is 0.687. The summed E-state index contributed by atoms with van der Waals surface area (Å²) in [6, 6.07) is 4.02. The molecule has 1 N–H and O–H groups in total. The van der Waals surface area contributed by atoms with E-state index >= 15 is 0 Å². The second kappa shape index (κ2) is 7.46. The van der Waals surface area contributed by atoms with Gasteiger partial charge in [-0.15, -0.1) is 0 Å². The molecule has 0 heterocycles. The van der Waals surface area contributed by atoms with Crippen LogP contribution >= 0.6 is 27.5 Å². The van der Waals surface area contributed by atoms with Crippen molar-refractivity contribution >= 4 is 27.5 Å². The fraction of sp³-hybridized carbons (Fsp3) is 0.571. The molecule has 18 heavy (non-hydrogen) atoms. The smallest absolute Gasteiger partial charge is 0.146 e. The number of halogens is 3. The van der Waals surface area contributed by atoms with Gasteiger partial charge < -0.3 is 5.32 Å². The number of benzene rings is 1. The Hall–Kier alpha value is -0.120. The number of hydrogen-bond donors (Lipinski definition) is 1. The molecule has 1 rings (SSSR count). The van der Waals surface area contributed by atoms with Crippen LogP contribution in [0.15, 0.2) is 16.6 Å². The van der Waals surface area contributed by atoms with Crippen LogP contribution in [0.4, 0.5) is 4.39 Å². The zero-order valence-electron chi connectivity index (χ0n) is 11.1. The van der Waals surface area contributed by atoms with E-state index in [1.54, 1.807) is 12.1 Å². The van der Waals surface area contributed by atoms with Gasteiger partial charge in [0.1, 0.15) is 5.82 Å². The standard InChI is InChI=1S/C14H20BrClFN/c1-4-18-12(9(2)3)8-6-10-5-7-11(15)13(16)14(10)17/h5,7,9,12,18H,4,6,8H2,1-3H3. The molecule has 0 aliphatic rings. The highest BCUT2D eigenvalue weighted by Crippen LogP contribution is 2.28. The zero-order chi connectivity index (χ0) is 13.7. The van der Waals surface area contributed by atoms with E-state index in [9.17, 15) is 4.39 Å². The molecule has 0 aliphatic carbocycles. The summed E-state index contributed by atoms with van der Waals surface area (Å²) in [5, 5.41) is 3.61. The average molecular weight is 337 g/mol. The van der Waals surface area contributed by atoms with Crippen LogP contribution < -0.4 is 5.32 Å². The van der Waals surface area contributed by atoms with E-state index in [2.05, 4.69) is 42.0 Å². The van der Waals surface area contributed by atoms with Crippen molar-refractivity contribution in [3.63, 3.8) is 0 Å². The number of rotatable bonds is 6. The van der Waals surface area contributed by atoms with Gasteiger partial charge in [-0.25, -0.2) is 4.39 Å². The molecule has 0 radical (unpaired) electrons. The first kappa shape index (κ1) is 15.9. The molecular formula is C14H20BrClFN. The third-order valence-corrected chi connectivity index (χ3v) is 4.37. The van der Waals surface area contributed by atoms with Crippen molar-refractivity contribution in [1.82, 2.24) is 5.32 Å². The molecule has 1 aromatic rings. The highest BCUT2D eigenvalue weighted by Gasteiger charge is 2.15. The lowest BCUT2D eigenvalue weighted by atomic mass is 9.96. The Labute approximate surface area is 122 Å². The van der Waals surface area contributed by atoms with Crippen LogP contribution in [0.2, 0.25) is 5.02 Å².